The molecule has 2 aromatic rings. The minimum Gasteiger partial charge on any atom is -0.303 e. The van der Waals surface area contributed by atoms with Gasteiger partial charge in [0.2, 0.25) is 0 Å². The second-order valence-electron chi connectivity index (χ2n) is 3.41. The summed E-state index contributed by atoms with van der Waals surface area (Å²) in [4.78, 5) is 0. The number of aromatic nitrogens is 3. The molecule has 2 rings (SSSR count). The molecule has 1 aromatic heterocycles. The van der Waals surface area contributed by atoms with Gasteiger partial charge < -0.3 is 4.57 Å². The van der Waals surface area contributed by atoms with E-state index in [2.05, 4.69) is 5.10 Å². The van der Waals surface area contributed by atoms with Crippen LogP contribution in [-0.4, -0.2) is 14.3 Å². The monoisotopic (exact) mass is 273 g/mol. The van der Waals surface area contributed by atoms with Crippen molar-refractivity contribution in [3.8, 4) is 11.4 Å². The molecule has 6 heteroatoms. The van der Waals surface area contributed by atoms with Crippen molar-refractivity contribution < 1.29 is 0 Å². The van der Waals surface area contributed by atoms with E-state index in [4.69, 9.17) is 35.4 Å². The smallest absolute Gasteiger partial charge is 0.197 e. The van der Waals surface area contributed by atoms with E-state index in [-0.39, 0.29) is 0 Å². The molecule has 0 aliphatic carbocycles. The summed E-state index contributed by atoms with van der Waals surface area (Å²) in [5, 5.41) is 5.49. The Morgan fingerprint density at radius 3 is 2.44 bits per heavy atom. The van der Waals surface area contributed by atoms with Crippen LogP contribution in [0.3, 0.4) is 0 Å². The molecule has 16 heavy (non-hydrogen) atoms. The minimum atomic E-state index is 0.566. The van der Waals surface area contributed by atoms with Gasteiger partial charge in [0.25, 0.3) is 0 Å². The second kappa shape index (κ2) is 4.20. The molecule has 84 valence electrons. The Labute approximate surface area is 108 Å². The summed E-state index contributed by atoms with van der Waals surface area (Å²) in [5.74, 6) is 0.731. The SMILES string of the molecule is Cn1nc(-c2ccc(Cl)cc2Cl)n(C)c1=S. The number of nitrogens with zero attached hydrogens (tertiary/aromatic N) is 3. The fourth-order valence-electron chi connectivity index (χ4n) is 1.46. The van der Waals surface area contributed by atoms with E-state index in [1.165, 1.54) is 0 Å². The van der Waals surface area contributed by atoms with Crippen molar-refractivity contribution >= 4 is 35.4 Å². The maximum Gasteiger partial charge on any atom is 0.197 e. The van der Waals surface area contributed by atoms with Crippen LogP contribution in [0.1, 0.15) is 0 Å². The van der Waals surface area contributed by atoms with Crippen LogP contribution in [-0.2, 0) is 14.1 Å². The Hall–Kier alpha value is -0.840. The maximum atomic E-state index is 6.12. The van der Waals surface area contributed by atoms with Crippen molar-refractivity contribution in [1.29, 1.82) is 0 Å². The van der Waals surface area contributed by atoms with Crippen molar-refractivity contribution in [1.82, 2.24) is 14.3 Å². The Bertz CT molecular complexity index is 601. The first-order valence-electron chi connectivity index (χ1n) is 4.56. The summed E-state index contributed by atoms with van der Waals surface area (Å²) >= 11 is 17.1. The van der Waals surface area contributed by atoms with Crippen LogP contribution in [0.4, 0.5) is 0 Å². The van der Waals surface area contributed by atoms with Gasteiger partial charge in [-0.25, -0.2) is 4.68 Å². The van der Waals surface area contributed by atoms with Crippen molar-refractivity contribution in [3.63, 3.8) is 0 Å². The molecule has 0 saturated carbocycles. The van der Waals surface area contributed by atoms with Crippen molar-refractivity contribution in [2.75, 3.05) is 0 Å². The molecule has 0 fully saturated rings. The summed E-state index contributed by atoms with van der Waals surface area (Å²) in [5.41, 5.74) is 0.820. The highest BCUT2D eigenvalue weighted by Gasteiger charge is 2.11. The minimum absolute atomic E-state index is 0.566. The van der Waals surface area contributed by atoms with Gasteiger partial charge in [0, 0.05) is 24.7 Å². The Morgan fingerprint density at radius 1 is 1.25 bits per heavy atom. The van der Waals surface area contributed by atoms with Crippen molar-refractivity contribution in [2.45, 2.75) is 0 Å². The lowest BCUT2D eigenvalue weighted by molar-refractivity contribution is 0.741. The van der Waals surface area contributed by atoms with Gasteiger partial charge in [-0.05, 0) is 30.4 Å². The Morgan fingerprint density at radius 2 is 1.94 bits per heavy atom. The molecule has 1 aromatic carbocycles. The first kappa shape index (κ1) is 11.6. The van der Waals surface area contributed by atoms with Crippen LogP contribution in [0.15, 0.2) is 18.2 Å². The predicted molar refractivity (Wildman–Crippen MR) is 68.5 cm³/mol. The molecule has 0 aliphatic rings. The molecule has 0 spiro atoms. The van der Waals surface area contributed by atoms with Crippen LogP contribution in [0, 0.1) is 4.77 Å². The van der Waals surface area contributed by atoms with Crippen molar-refractivity contribution in [2.24, 2.45) is 14.1 Å². The van der Waals surface area contributed by atoms with Gasteiger partial charge >= 0.3 is 0 Å². The van der Waals surface area contributed by atoms with E-state index in [1.807, 2.05) is 17.7 Å². The van der Waals surface area contributed by atoms with Crippen LogP contribution >= 0.6 is 35.4 Å². The number of halogens is 2. The Balaban J connectivity index is 2.68. The largest absolute Gasteiger partial charge is 0.303 e. The zero-order chi connectivity index (χ0) is 11.9. The molecule has 0 aliphatic heterocycles. The molecule has 3 nitrogen and oxygen atoms in total. The third kappa shape index (κ3) is 1.88. The first-order valence-corrected chi connectivity index (χ1v) is 5.72. The molecule has 0 atom stereocenters. The third-order valence-electron chi connectivity index (χ3n) is 2.30. The van der Waals surface area contributed by atoms with Gasteiger partial charge in [-0.15, -0.1) is 0 Å². The highest BCUT2D eigenvalue weighted by molar-refractivity contribution is 7.71. The molecule has 0 bridgehead atoms. The number of aryl methyl sites for hydroxylation is 1. The van der Waals surface area contributed by atoms with E-state index in [9.17, 15) is 0 Å². The number of hydrogen-bond donors (Lipinski definition) is 0. The molecular formula is C10H9Cl2N3S. The summed E-state index contributed by atoms with van der Waals surface area (Å²) in [6.07, 6.45) is 0. The summed E-state index contributed by atoms with van der Waals surface area (Å²) < 4.78 is 4.08. The number of benzene rings is 1. The van der Waals surface area contributed by atoms with Crippen LogP contribution in [0.2, 0.25) is 10.0 Å². The lowest BCUT2D eigenvalue weighted by Crippen LogP contribution is -1.93. The first-order chi connectivity index (χ1) is 7.50. The maximum absolute atomic E-state index is 6.12. The van der Waals surface area contributed by atoms with E-state index >= 15 is 0 Å². The molecular weight excluding hydrogens is 265 g/mol. The average molecular weight is 274 g/mol. The lowest BCUT2D eigenvalue weighted by Gasteiger charge is -2.03. The predicted octanol–water partition coefficient (Wildman–Crippen LogP) is 3.46. The van der Waals surface area contributed by atoms with Gasteiger partial charge in [-0.1, -0.05) is 23.2 Å². The van der Waals surface area contributed by atoms with Gasteiger partial charge in [0.05, 0.1) is 5.02 Å². The van der Waals surface area contributed by atoms with Gasteiger partial charge in [-0.3, -0.25) is 0 Å². The highest BCUT2D eigenvalue weighted by Crippen LogP contribution is 2.28. The van der Waals surface area contributed by atoms with E-state index < -0.39 is 0 Å². The zero-order valence-electron chi connectivity index (χ0n) is 8.74. The molecule has 0 unspecified atom stereocenters. The standard InChI is InChI=1S/C10H9Cl2N3S/c1-14-9(13-15(2)10(14)16)7-4-3-6(11)5-8(7)12/h3-5H,1-2H3. The molecule has 0 amide bonds. The average Bonchev–Trinajstić information content (AvgIpc) is 2.46. The van der Waals surface area contributed by atoms with E-state index in [0.29, 0.717) is 14.8 Å². The lowest BCUT2D eigenvalue weighted by atomic mass is 10.2. The van der Waals surface area contributed by atoms with E-state index in [1.54, 1.807) is 23.9 Å². The fraction of sp³-hybridized carbons (Fsp3) is 0.200. The van der Waals surface area contributed by atoms with Crippen LogP contribution in [0.5, 0.6) is 0 Å². The van der Waals surface area contributed by atoms with Crippen LogP contribution in [0.25, 0.3) is 11.4 Å². The summed E-state index contributed by atoms with van der Waals surface area (Å²) in [6.45, 7) is 0. The van der Waals surface area contributed by atoms with Gasteiger partial charge in [0.15, 0.2) is 10.6 Å². The Kier molecular flexibility index (Phi) is 3.06. The quantitative estimate of drug-likeness (QED) is 0.743. The van der Waals surface area contributed by atoms with E-state index in [0.717, 1.165) is 11.4 Å². The van der Waals surface area contributed by atoms with Gasteiger partial charge in [-0.2, -0.15) is 5.10 Å². The fourth-order valence-corrected chi connectivity index (χ4v) is 2.09. The normalized spacial score (nSPS) is 10.8. The number of rotatable bonds is 1. The molecule has 1 heterocycles. The summed E-state index contributed by atoms with van der Waals surface area (Å²) in [7, 11) is 3.66. The van der Waals surface area contributed by atoms with Gasteiger partial charge in [0.1, 0.15) is 0 Å². The summed E-state index contributed by atoms with van der Waals surface area (Å²) in [6, 6.07) is 5.30. The molecule has 0 N–H and O–H groups in total. The van der Waals surface area contributed by atoms with Crippen LogP contribution < -0.4 is 0 Å². The zero-order valence-corrected chi connectivity index (χ0v) is 11.1. The van der Waals surface area contributed by atoms with Crippen molar-refractivity contribution in [3.05, 3.63) is 33.0 Å². The third-order valence-corrected chi connectivity index (χ3v) is 3.38. The highest BCUT2D eigenvalue weighted by atomic mass is 35.5. The molecule has 0 radical (unpaired) electrons. The topological polar surface area (TPSA) is 22.8 Å². The molecule has 0 saturated heterocycles. The number of hydrogen-bond acceptors (Lipinski definition) is 2. The second-order valence-corrected chi connectivity index (χ2v) is 4.62.